The van der Waals surface area contributed by atoms with Gasteiger partial charge in [0, 0.05) is 23.4 Å². The van der Waals surface area contributed by atoms with E-state index in [9.17, 15) is 19.7 Å². The molecule has 7 nitrogen and oxygen atoms in total. The predicted octanol–water partition coefficient (Wildman–Crippen LogP) is 4.08. The number of anilines is 1. The van der Waals surface area contributed by atoms with Crippen molar-refractivity contribution in [2.75, 3.05) is 5.32 Å². The molecule has 2 aromatic heterocycles. The van der Waals surface area contributed by atoms with E-state index in [1.165, 1.54) is 29.0 Å². The number of nitrogens with zero attached hydrogens (tertiary/aromatic N) is 2. The minimum absolute atomic E-state index is 0.0890. The van der Waals surface area contributed by atoms with Gasteiger partial charge in [-0.05, 0) is 24.6 Å². The molecule has 0 aliphatic rings. The molecular formula is C18H14ClN3O4S. The summed E-state index contributed by atoms with van der Waals surface area (Å²) in [6.45, 7) is 1.84. The highest BCUT2D eigenvalue weighted by Crippen LogP contribution is 2.28. The van der Waals surface area contributed by atoms with Gasteiger partial charge in [0.1, 0.15) is 0 Å². The Labute approximate surface area is 163 Å². The molecule has 0 radical (unpaired) electrons. The number of aryl methyl sites for hydroxylation is 1. The van der Waals surface area contributed by atoms with Crippen LogP contribution in [-0.4, -0.2) is 15.4 Å². The van der Waals surface area contributed by atoms with Crippen LogP contribution in [0.15, 0.2) is 53.5 Å². The van der Waals surface area contributed by atoms with Gasteiger partial charge in [-0.25, -0.2) is 0 Å². The lowest BCUT2D eigenvalue weighted by Crippen LogP contribution is -2.21. The standard InChI is InChI=1S/C18H14ClN3O4S/c1-11-15(22(25)26)8-16(27-11)18(24)20-13-6-7-17(23)21(10-13)9-12-4-2-3-5-14(12)19/h2-8,10H,9H2,1H3,(H,20,24). The number of carbonyl (C=O) groups is 1. The van der Waals surface area contributed by atoms with Crippen LogP contribution in [0.1, 0.15) is 20.1 Å². The Kier molecular flexibility index (Phi) is 5.38. The van der Waals surface area contributed by atoms with Crippen molar-refractivity contribution in [3.63, 3.8) is 0 Å². The molecule has 0 saturated heterocycles. The maximum Gasteiger partial charge on any atom is 0.283 e. The van der Waals surface area contributed by atoms with Crippen LogP contribution in [0.2, 0.25) is 5.02 Å². The molecular weight excluding hydrogens is 390 g/mol. The molecule has 0 aliphatic carbocycles. The first kappa shape index (κ1) is 18.8. The Morgan fingerprint density at radius 1 is 1.30 bits per heavy atom. The zero-order valence-electron chi connectivity index (χ0n) is 14.1. The van der Waals surface area contributed by atoms with Gasteiger partial charge in [0.05, 0.1) is 26.9 Å². The van der Waals surface area contributed by atoms with Gasteiger partial charge in [-0.3, -0.25) is 19.7 Å². The first-order valence-electron chi connectivity index (χ1n) is 7.85. The lowest BCUT2D eigenvalue weighted by atomic mass is 10.2. The highest BCUT2D eigenvalue weighted by Gasteiger charge is 2.19. The molecule has 0 bridgehead atoms. The molecule has 27 heavy (non-hydrogen) atoms. The second-order valence-corrected chi connectivity index (χ2v) is 7.40. The zero-order valence-corrected chi connectivity index (χ0v) is 15.7. The zero-order chi connectivity index (χ0) is 19.6. The Balaban J connectivity index is 1.83. The van der Waals surface area contributed by atoms with Crippen molar-refractivity contribution < 1.29 is 9.72 Å². The first-order valence-corrected chi connectivity index (χ1v) is 9.04. The number of carbonyl (C=O) groups excluding carboxylic acids is 1. The van der Waals surface area contributed by atoms with E-state index in [-0.39, 0.29) is 22.7 Å². The van der Waals surface area contributed by atoms with E-state index >= 15 is 0 Å². The van der Waals surface area contributed by atoms with E-state index < -0.39 is 10.8 Å². The number of thiophene rings is 1. The minimum Gasteiger partial charge on any atom is -0.320 e. The number of nitro groups is 1. The molecule has 138 valence electrons. The predicted molar refractivity (Wildman–Crippen MR) is 105 cm³/mol. The van der Waals surface area contributed by atoms with Crippen LogP contribution in [0.5, 0.6) is 0 Å². The van der Waals surface area contributed by atoms with E-state index in [0.29, 0.717) is 15.6 Å². The van der Waals surface area contributed by atoms with Crippen LogP contribution in [0, 0.1) is 17.0 Å². The summed E-state index contributed by atoms with van der Waals surface area (Å²) in [7, 11) is 0. The molecule has 1 amide bonds. The number of nitrogens with one attached hydrogen (secondary N) is 1. The molecule has 0 spiro atoms. The van der Waals surface area contributed by atoms with Gasteiger partial charge in [-0.2, -0.15) is 0 Å². The number of pyridine rings is 1. The summed E-state index contributed by atoms with van der Waals surface area (Å²) in [6.07, 6.45) is 1.51. The van der Waals surface area contributed by atoms with Crippen LogP contribution in [0.25, 0.3) is 0 Å². The van der Waals surface area contributed by atoms with Crippen LogP contribution in [0.3, 0.4) is 0 Å². The van der Waals surface area contributed by atoms with Gasteiger partial charge < -0.3 is 9.88 Å². The van der Waals surface area contributed by atoms with E-state index in [2.05, 4.69) is 5.32 Å². The van der Waals surface area contributed by atoms with Gasteiger partial charge in [-0.15, -0.1) is 11.3 Å². The average Bonchev–Trinajstić information content (AvgIpc) is 3.02. The van der Waals surface area contributed by atoms with Gasteiger partial charge in [0.15, 0.2) is 0 Å². The SMILES string of the molecule is Cc1sc(C(=O)Nc2ccc(=O)n(Cc3ccccc3Cl)c2)cc1[N+](=O)[O-]. The number of halogens is 1. The fraction of sp³-hybridized carbons (Fsp3) is 0.111. The summed E-state index contributed by atoms with van der Waals surface area (Å²) in [5.74, 6) is -0.473. The summed E-state index contributed by atoms with van der Waals surface area (Å²) < 4.78 is 1.43. The molecule has 9 heteroatoms. The molecule has 0 saturated carbocycles. The number of amides is 1. The van der Waals surface area contributed by atoms with Gasteiger partial charge in [0.2, 0.25) is 0 Å². The average molecular weight is 404 g/mol. The van der Waals surface area contributed by atoms with Crippen LogP contribution < -0.4 is 10.9 Å². The summed E-state index contributed by atoms with van der Waals surface area (Å²) in [5.41, 5.74) is 0.846. The monoisotopic (exact) mass is 403 g/mol. The van der Waals surface area contributed by atoms with Crippen molar-refractivity contribution in [2.45, 2.75) is 13.5 Å². The molecule has 2 heterocycles. The third kappa shape index (κ3) is 4.24. The van der Waals surface area contributed by atoms with Crippen molar-refractivity contribution in [2.24, 2.45) is 0 Å². The van der Waals surface area contributed by atoms with Crippen molar-refractivity contribution >= 4 is 40.2 Å². The minimum atomic E-state index is -0.521. The lowest BCUT2D eigenvalue weighted by Gasteiger charge is -2.10. The van der Waals surface area contributed by atoms with Crippen LogP contribution in [0.4, 0.5) is 11.4 Å². The Hall–Kier alpha value is -2.97. The van der Waals surface area contributed by atoms with Gasteiger partial charge in [0.25, 0.3) is 17.2 Å². The molecule has 1 aromatic carbocycles. The van der Waals surface area contributed by atoms with Crippen molar-refractivity contribution in [3.8, 4) is 0 Å². The fourth-order valence-corrected chi connectivity index (χ4v) is 3.58. The van der Waals surface area contributed by atoms with Crippen LogP contribution in [-0.2, 0) is 6.54 Å². The summed E-state index contributed by atoms with van der Waals surface area (Å²) >= 11 is 7.18. The summed E-state index contributed by atoms with van der Waals surface area (Å²) in [4.78, 5) is 35.6. The molecule has 0 atom stereocenters. The maximum atomic E-state index is 12.4. The van der Waals surface area contributed by atoms with Crippen LogP contribution >= 0.6 is 22.9 Å². The molecule has 3 aromatic rings. The molecule has 0 aliphatic heterocycles. The molecule has 0 fully saturated rings. The highest BCUT2D eigenvalue weighted by molar-refractivity contribution is 7.14. The smallest absolute Gasteiger partial charge is 0.283 e. The third-order valence-electron chi connectivity index (χ3n) is 3.85. The van der Waals surface area contributed by atoms with E-state index in [1.54, 1.807) is 19.1 Å². The normalized spacial score (nSPS) is 10.6. The number of hydrogen-bond acceptors (Lipinski definition) is 5. The Morgan fingerprint density at radius 3 is 2.70 bits per heavy atom. The quantitative estimate of drug-likeness (QED) is 0.513. The molecule has 3 rings (SSSR count). The topological polar surface area (TPSA) is 94.2 Å². The van der Waals surface area contributed by atoms with Crippen molar-refractivity contribution in [1.82, 2.24) is 4.57 Å². The number of hydrogen-bond donors (Lipinski definition) is 1. The lowest BCUT2D eigenvalue weighted by molar-refractivity contribution is -0.385. The van der Waals surface area contributed by atoms with E-state index in [1.807, 2.05) is 12.1 Å². The summed E-state index contributed by atoms with van der Waals surface area (Å²) in [6, 6.07) is 11.2. The highest BCUT2D eigenvalue weighted by atomic mass is 35.5. The van der Waals surface area contributed by atoms with Gasteiger partial charge in [-0.1, -0.05) is 29.8 Å². The maximum absolute atomic E-state index is 12.4. The second-order valence-electron chi connectivity index (χ2n) is 5.74. The fourth-order valence-electron chi connectivity index (χ4n) is 2.50. The van der Waals surface area contributed by atoms with E-state index in [4.69, 9.17) is 11.6 Å². The third-order valence-corrected chi connectivity index (χ3v) is 5.26. The largest absolute Gasteiger partial charge is 0.320 e. The Morgan fingerprint density at radius 2 is 2.04 bits per heavy atom. The number of aromatic nitrogens is 1. The van der Waals surface area contributed by atoms with E-state index in [0.717, 1.165) is 16.9 Å². The molecule has 1 N–H and O–H groups in total. The number of benzene rings is 1. The Bertz CT molecular complexity index is 1090. The van der Waals surface area contributed by atoms with Gasteiger partial charge >= 0.3 is 0 Å². The molecule has 0 unspecified atom stereocenters. The first-order chi connectivity index (χ1) is 12.8. The summed E-state index contributed by atoms with van der Waals surface area (Å²) in [5, 5.41) is 14.1. The second kappa shape index (κ2) is 7.73. The number of rotatable bonds is 5. The van der Waals surface area contributed by atoms with Crippen molar-refractivity contribution in [3.05, 3.63) is 89.5 Å². The van der Waals surface area contributed by atoms with Crippen molar-refractivity contribution in [1.29, 1.82) is 0 Å².